The molecule has 0 saturated carbocycles. The van der Waals surface area contributed by atoms with E-state index in [-0.39, 0.29) is 0 Å². The Morgan fingerprint density at radius 1 is 1.37 bits per heavy atom. The van der Waals surface area contributed by atoms with Gasteiger partial charge in [-0.05, 0) is 17.7 Å². The molecule has 2 N–H and O–H groups in total. The van der Waals surface area contributed by atoms with Crippen LogP contribution in [0.5, 0.6) is 0 Å². The van der Waals surface area contributed by atoms with Gasteiger partial charge in [0, 0.05) is 36.4 Å². The van der Waals surface area contributed by atoms with Gasteiger partial charge in [0.1, 0.15) is 0 Å². The molecule has 5 heteroatoms. The zero-order chi connectivity index (χ0) is 13.4. The summed E-state index contributed by atoms with van der Waals surface area (Å²) in [5.41, 5.74) is 9.18. The van der Waals surface area contributed by atoms with Gasteiger partial charge in [0.05, 0.1) is 24.1 Å². The number of benzene rings is 1. The van der Waals surface area contributed by atoms with Crippen LogP contribution in [0.2, 0.25) is 5.02 Å². The van der Waals surface area contributed by atoms with Gasteiger partial charge in [-0.1, -0.05) is 17.7 Å². The average molecular weight is 275 g/mol. The lowest BCUT2D eigenvalue weighted by Gasteiger charge is -2.06. The predicted octanol–water partition coefficient (Wildman–Crippen LogP) is 2.54. The summed E-state index contributed by atoms with van der Waals surface area (Å²) in [7, 11) is 1.99. The first-order chi connectivity index (χ1) is 9.19. The van der Waals surface area contributed by atoms with Gasteiger partial charge < -0.3 is 14.9 Å². The van der Waals surface area contributed by atoms with E-state index in [1.807, 2.05) is 36.0 Å². The van der Waals surface area contributed by atoms with Crippen LogP contribution in [-0.2, 0) is 20.1 Å². The number of aromatic nitrogens is 3. The standard InChI is InChI=1S/C14H15ClN4/c1-18-9-17-6-12(18)8-19-7-10(5-16)13-3-2-11(15)4-14(13)19/h2-4,6-7,9H,5,8,16H2,1H3. The first-order valence-corrected chi connectivity index (χ1v) is 6.49. The normalized spacial score (nSPS) is 11.3. The van der Waals surface area contributed by atoms with E-state index in [9.17, 15) is 0 Å². The Morgan fingerprint density at radius 3 is 2.89 bits per heavy atom. The molecular formula is C14H15ClN4. The van der Waals surface area contributed by atoms with E-state index in [2.05, 4.69) is 15.7 Å². The van der Waals surface area contributed by atoms with E-state index < -0.39 is 0 Å². The third-order valence-electron chi connectivity index (χ3n) is 3.40. The van der Waals surface area contributed by atoms with Crippen LogP contribution in [-0.4, -0.2) is 14.1 Å². The molecule has 0 aliphatic rings. The lowest BCUT2D eigenvalue weighted by Crippen LogP contribution is -2.03. The third-order valence-corrected chi connectivity index (χ3v) is 3.63. The van der Waals surface area contributed by atoms with Gasteiger partial charge in [-0.15, -0.1) is 0 Å². The minimum absolute atomic E-state index is 0.524. The zero-order valence-electron chi connectivity index (χ0n) is 10.7. The highest BCUT2D eigenvalue weighted by molar-refractivity contribution is 6.31. The molecule has 0 saturated heterocycles. The molecule has 0 bridgehead atoms. The van der Waals surface area contributed by atoms with Gasteiger partial charge in [-0.25, -0.2) is 4.98 Å². The van der Waals surface area contributed by atoms with Crippen molar-refractivity contribution < 1.29 is 0 Å². The van der Waals surface area contributed by atoms with Gasteiger partial charge in [0.25, 0.3) is 0 Å². The Kier molecular flexibility index (Phi) is 3.05. The van der Waals surface area contributed by atoms with Crippen LogP contribution in [0.25, 0.3) is 10.9 Å². The largest absolute Gasteiger partial charge is 0.341 e. The van der Waals surface area contributed by atoms with Crippen molar-refractivity contribution in [3.05, 3.63) is 53.2 Å². The summed E-state index contributed by atoms with van der Waals surface area (Å²) in [4.78, 5) is 4.14. The number of nitrogens with two attached hydrogens (primary N) is 1. The fourth-order valence-electron chi connectivity index (χ4n) is 2.35. The number of rotatable bonds is 3. The molecule has 0 atom stereocenters. The molecule has 0 unspecified atom stereocenters. The van der Waals surface area contributed by atoms with Crippen molar-refractivity contribution in [2.45, 2.75) is 13.1 Å². The maximum absolute atomic E-state index is 6.09. The SMILES string of the molecule is Cn1cncc1Cn1cc(CN)c2ccc(Cl)cc21. The quantitative estimate of drug-likeness (QED) is 0.798. The van der Waals surface area contributed by atoms with Crippen LogP contribution in [0.3, 0.4) is 0 Å². The molecule has 0 amide bonds. The summed E-state index contributed by atoms with van der Waals surface area (Å²) in [5.74, 6) is 0. The highest BCUT2D eigenvalue weighted by atomic mass is 35.5. The van der Waals surface area contributed by atoms with E-state index in [1.54, 1.807) is 6.33 Å². The lowest BCUT2D eigenvalue weighted by atomic mass is 10.2. The molecule has 0 aliphatic heterocycles. The van der Waals surface area contributed by atoms with Crippen LogP contribution >= 0.6 is 11.6 Å². The fourth-order valence-corrected chi connectivity index (χ4v) is 2.51. The number of fused-ring (bicyclic) bond motifs is 1. The monoisotopic (exact) mass is 274 g/mol. The van der Waals surface area contributed by atoms with Crippen molar-refractivity contribution in [3.8, 4) is 0 Å². The highest BCUT2D eigenvalue weighted by Crippen LogP contribution is 2.25. The molecule has 0 aliphatic carbocycles. The number of imidazole rings is 1. The fraction of sp³-hybridized carbons (Fsp3) is 0.214. The van der Waals surface area contributed by atoms with E-state index in [0.29, 0.717) is 6.54 Å². The smallest absolute Gasteiger partial charge is 0.0946 e. The molecule has 2 aromatic heterocycles. The maximum atomic E-state index is 6.09. The molecule has 3 aromatic rings. The molecular weight excluding hydrogens is 260 g/mol. The summed E-state index contributed by atoms with van der Waals surface area (Å²) in [6, 6.07) is 5.91. The number of nitrogens with zero attached hydrogens (tertiary/aromatic N) is 3. The molecule has 98 valence electrons. The van der Waals surface area contributed by atoms with Crippen LogP contribution < -0.4 is 5.73 Å². The summed E-state index contributed by atoms with van der Waals surface area (Å²) in [6.07, 6.45) is 5.77. The average Bonchev–Trinajstić information content (AvgIpc) is 2.95. The summed E-state index contributed by atoms with van der Waals surface area (Å²) in [6.45, 7) is 1.28. The Balaban J connectivity index is 2.12. The summed E-state index contributed by atoms with van der Waals surface area (Å²) >= 11 is 6.09. The van der Waals surface area contributed by atoms with Crippen molar-refractivity contribution in [3.63, 3.8) is 0 Å². The van der Waals surface area contributed by atoms with E-state index in [1.165, 1.54) is 0 Å². The van der Waals surface area contributed by atoms with E-state index in [4.69, 9.17) is 17.3 Å². The Morgan fingerprint density at radius 2 is 2.21 bits per heavy atom. The molecule has 3 rings (SSSR count). The minimum atomic E-state index is 0.524. The first kappa shape index (κ1) is 12.3. The number of hydrogen-bond acceptors (Lipinski definition) is 2. The van der Waals surface area contributed by atoms with Crippen molar-refractivity contribution in [1.82, 2.24) is 14.1 Å². The van der Waals surface area contributed by atoms with Crippen molar-refractivity contribution >= 4 is 22.5 Å². The molecule has 1 aromatic carbocycles. The Bertz CT molecular complexity index is 726. The second kappa shape index (κ2) is 4.72. The topological polar surface area (TPSA) is 48.8 Å². The van der Waals surface area contributed by atoms with Crippen LogP contribution in [0.1, 0.15) is 11.3 Å². The van der Waals surface area contributed by atoms with Crippen LogP contribution in [0.15, 0.2) is 36.9 Å². The Hall–Kier alpha value is -1.78. The van der Waals surface area contributed by atoms with Crippen molar-refractivity contribution in [2.24, 2.45) is 12.8 Å². The van der Waals surface area contributed by atoms with Crippen molar-refractivity contribution in [1.29, 1.82) is 0 Å². The third kappa shape index (κ3) is 2.13. The van der Waals surface area contributed by atoms with Crippen LogP contribution in [0, 0.1) is 0 Å². The van der Waals surface area contributed by atoms with Gasteiger partial charge in [-0.3, -0.25) is 0 Å². The molecule has 2 heterocycles. The van der Waals surface area contributed by atoms with Gasteiger partial charge in [0.2, 0.25) is 0 Å². The highest BCUT2D eigenvalue weighted by Gasteiger charge is 2.09. The van der Waals surface area contributed by atoms with E-state index in [0.717, 1.165) is 33.7 Å². The molecule has 19 heavy (non-hydrogen) atoms. The van der Waals surface area contributed by atoms with Crippen molar-refractivity contribution in [2.75, 3.05) is 0 Å². The zero-order valence-corrected chi connectivity index (χ0v) is 11.4. The molecule has 0 fully saturated rings. The number of aryl methyl sites for hydroxylation is 1. The summed E-state index contributed by atoms with van der Waals surface area (Å²) < 4.78 is 4.18. The number of halogens is 1. The van der Waals surface area contributed by atoms with Gasteiger partial charge >= 0.3 is 0 Å². The second-order valence-corrected chi connectivity index (χ2v) is 5.08. The molecule has 4 nitrogen and oxygen atoms in total. The summed E-state index contributed by atoms with van der Waals surface area (Å²) in [5, 5.41) is 1.90. The molecule has 0 spiro atoms. The second-order valence-electron chi connectivity index (χ2n) is 4.64. The molecule has 0 radical (unpaired) electrons. The van der Waals surface area contributed by atoms with Crippen LogP contribution in [0.4, 0.5) is 0 Å². The predicted molar refractivity (Wildman–Crippen MR) is 77.1 cm³/mol. The van der Waals surface area contributed by atoms with E-state index >= 15 is 0 Å². The minimum Gasteiger partial charge on any atom is -0.341 e. The maximum Gasteiger partial charge on any atom is 0.0946 e. The number of hydrogen-bond donors (Lipinski definition) is 1. The first-order valence-electron chi connectivity index (χ1n) is 6.11. The van der Waals surface area contributed by atoms with Gasteiger partial charge in [0.15, 0.2) is 0 Å². The van der Waals surface area contributed by atoms with Gasteiger partial charge in [-0.2, -0.15) is 0 Å². The Labute approximate surface area is 116 Å². The lowest BCUT2D eigenvalue weighted by molar-refractivity contribution is 0.741.